The molecule has 5 nitrogen and oxygen atoms in total. The summed E-state index contributed by atoms with van der Waals surface area (Å²) < 4.78 is 26.3. The lowest BCUT2D eigenvalue weighted by Gasteiger charge is -2.18. The summed E-state index contributed by atoms with van der Waals surface area (Å²) in [7, 11) is -3.76. The first kappa shape index (κ1) is 14.9. The Kier molecular flexibility index (Phi) is 4.27. The molecule has 3 N–H and O–H groups in total. The number of nitrogens with zero attached hydrogens (tertiary/aromatic N) is 1. The molecule has 0 radical (unpaired) electrons. The molecule has 2 rings (SSSR count). The SMILES string of the molecule is Nc1cc(Cl)c(S(=O)(=O)N2CCC(CO)C2)c(Cl)c1. The van der Waals surface area contributed by atoms with E-state index < -0.39 is 10.0 Å². The number of hydrogen-bond acceptors (Lipinski definition) is 4. The van der Waals surface area contributed by atoms with Crippen LogP contribution in [0.3, 0.4) is 0 Å². The van der Waals surface area contributed by atoms with E-state index in [9.17, 15) is 8.42 Å². The first-order valence-corrected chi connectivity index (χ1v) is 7.91. The average molecular weight is 325 g/mol. The maximum atomic E-state index is 12.5. The van der Waals surface area contributed by atoms with E-state index in [1.54, 1.807) is 0 Å². The van der Waals surface area contributed by atoms with Gasteiger partial charge in [0.1, 0.15) is 4.90 Å². The Morgan fingerprint density at radius 1 is 1.37 bits per heavy atom. The van der Waals surface area contributed by atoms with Crippen molar-refractivity contribution in [3.63, 3.8) is 0 Å². The van der Waals surface area contributed by atoms with Gasteiger partial charge in [0.05, 0.1) is 10.0 Å². The number of hydrogen-bond donors (Lipinski definition) is 2. The van der Waals surface area contributed by atoms with Gasteiger partial charge in [-0.15, -0.1) is 0 Å². The second kappa shape index (κ2) is 5.46. The van der Waals surface area contributed by atoms with Gasteiger partial charge in [0, 0.05) is 25.4 Å². The molecule has 0 amide bonds. The molecule has 1 heterocycles. The van der Waals surface area contributed by atoms with Crippen LogP contribution in [0.15, 0.2) is 17.0 Å². The lowest BCUT2D eigenvalue weighted by molar-refractivity contribution is 0.233. The number of benzene rings is 1. The van der Waals surface area contributed by atoms with Crippen LogP contribution in [0.4, 0.5) is 5.69 Å². The number of rotatable bonds is 3. The molecule has 1 saturated heterocycles. The topological polar surface area (TPSA) is 83.6 Å². The molecule has 0 bridgehead atoms. The number of nitrogens with two attached hydrogens (primary N) is 1. The molecule has 1 fully saturated rings. The Hall–Kier alpha value is -0.530. The highest BCUT2D eigenvalue weighted by Gasteiger charge is 2.34. The van der Waals surface area contributed by atoms with E-state index in [4.69, 9.17) is 34.0 Å². The number of aliphatic hydroxyl groups excluding tert-OH is 1. The van der Waals surface area contributed by atoms with Crippen molar-refractivity contribution in [2.75, 3.05) is 25.4 Å². The second-order valence-corrected chi connectivity index (χ2v) is 7.20. The normalized spacial score (nSPS) is 20.9. The zero-order chi connectivity index (χ0) is 14.2. The highest BCUT2D eigenvalue weighted by Crippen LogP contribution is 2.35. The van der Waals surface area contributed by atoms with Gasteiger partial charge < -0.3 is 10.8 Å². The van der Waals surface area contributed by atoms with Crippen molar-refractivity contribution in [3.05, 3.63) is 22.2 Å². The summed E-state index contributed by atoms with van der Waals surface area (Å²) in [5.74, 6) is -0.0406. The summed E-state index contributed by atoms with van der Waals surface area (Å²) in [6.07, 6.45) is 0.625. The molecule has 0 spiro atoms. The van der Waals surface area contributed by atoms with Crippen LogP contribution in [0.5, 0.6) is 0 Å². The average Bonchev–Trinajstić information content (AvgIpc) is 2.75. The Bertz CT molecular complexity index is 569. The zero-order valence-corrected chi connectivity index (χ0v) is 12.3. The van der Waals surface area contributed by atoms with Crippen molar-refractivity contribution in [2.24, 2.45) is 5.92 Å². The Morgan fingerprint density at radius 3 is 2.42 bits per heavy atom. The lowest BCUT2D eigenvalue weighted by Crippen LogP contribution is -2.29. The van der Waals surface area contributed by atoms with Crippen LogP contribution in [0.1, 0.15) is 6.42 Å². The lowest BCUT2D eigenvalue weighted by atomic mass is 10.1. The van der Waals surface area contributed by atoms with Crippen molar-refractivity contribution >= 4 is 38.9 Å². The van der Waals surface area contributed by atoms with Gasteiger partial charge in [0.2, 0.25) is 10.0 Å². The van der Waals surface area contributed by atoms with Crippen LogP contribution >= 0.6 is 23.2 Å². The van der Waals surface area contributed by atoms with Crippen LogP contribution in [0.2, 0.25) is 10.0 Å². The summed E-state index contributed by atoms with van der Waals surface area (Å²) in [6.45, 7) is 0.593. The Morgan fingerprint density at radius 2 is 1.95 bits per heavy atom. The maximum Gasteiger partial charge on any atom is 0.246 e. The van der Waals surface area contributed by atoms with Crippen molar-refractivity contribution in [1.29, 1.82) is 0 Å². The minimum atomic E-state index is -3.76. The fourth-order valence-corrected chi connectivity index (χ4v) is 4.83. The number of aliphatic hydroxyl groups is 1. The van der Waals surface area contributed by atoms with Gasteiger partial charge in [-0.25, -0.2) is 8.42 Å². The van der Waals surface area contributed by atoms with Gasteiger partial charge in [0.15, 0.2) is 0 Å². The molecule has 8 heteroatoms. The third-order valence-electron chi connectivity index (χ3n) is 3.13. The summed E-state index contributed by atoms with van der Waals surface area (Å²) in [5.41, 5.74) is 5.87. The highest BCUT2D eigenvalue weighted by atomic mass is 35.5. The van der Waals surface area contributed by atoms with E-state index in [2.05, 4.69) is 0 Å². The van der Waals surface area contributed by atoms with Crippen molar-refractivity contribution in [3.8, 4) is 0 Å². The zero-order valence-electron chi connectivity index (χ0n) is 10.0. The van der Waals surface area contributed by atoms with Crippen LogP contribution in [0, 0.1) is 5.92 Å². The molecule has 1 unspecified atom stereocenters. The molecule has 0 saturated carbocycles. The van der Waals surface area contributed by atoms with Gasteiger partial charge in [-0.1, -0.05) is 23.2 Å². The number of sulfonamides is 1. The summed E-state index contributed by atoms with van der Waals surface area (Å²) in [6, 6.07) is 2.72. The Balaban J connectivity index is 2.41. The smallest absolute Gasteiger partial charge is 0.246 e. The molecule has 1 aromatic carbocycles. The van der Waals surface area contributed by atoms with E-state index in [0.717, 1.165) is 0 Å². The molecule has 106 valence electrons. The molecule has 0 aliphatic carbocycles. The quantitative estimate of drug-likeness (QED) is 0.827. The van der Waals surface area contributed by atoms with Crippen LogP contribution in [-0.2, 0) is 10.0 Å². The molecule has 1 atom stereocenters. The first-order chi connectivity index (χ1) is 8.86. The molecule has 19 heavy (non-hydrogen) atoms. The van der Waals surface area contributed by atoms with Gasteiger partial charge in [-0.2, -0.15) is 4.31 Å². The largest absolute Gasteiger partial charge is 0.399 e. The summed E-state index contributed by atoms with van der Waals surface area (Å²) in [5, 5.41) is 9.10. The highest BCUT2D eigenvalue weighted by molar-refractivity contribution is 7.89. The maximum absolute atomic E-state index is 12.5. The van der Waals surface area contributed by atoms with Crippen molar-refractivity contribution < 1.29 is 13.5 Å². The Labute approximate surface area is 122 Å². The van der Waals surface area contributed by atoms with E-state index in [1.165, 1.54) is 16.4 Å². The minimum absolute atomic E-state index is 0.0115. The van der Waals surface area contributed by atoms with Crippen molar-refractivity contribution in [2.45, 2.75) is 11.3 Å². The van der Waals surface area contributed by atoms with E-state index >= 15 is 0 Å². The van der Waals surface area contributed by atoms with E-state index in [0.29, 0.717) is 18.7 Å². The van der Waals surface area contributed by atoms with Crippen LogP contribution < -0.4 is 5.73 Å². The number of halogens is 2. The standard InChI is InChI=1S/C11H14Cl2N2O3S/c12-9-3-8(14)4-10(13)11(9)19(17,18)15-2-1-7(5-15)6-16/h3-4,7,16H,1-2,5-6,14H2. The van der Waals surface area contributed by atoms with Gasteiger partial charge in [-0.05, 0) is 24.5 Å². The summed E-state index contributed by atoms with van der Waals surface area (Å²) in [4.78, 5) is -0.122. The minimum Gasteiger partial charge on any atom is -0.399 e. The molecule has 1 aromatic rings. The molecular formula is C11H14Cl2N2O3S. The molecule has 1 aliphatic rings. The van der Waals surface area contributed by atoms with Crippen LogP contribution in [-0.4, -0.2) is 37.5 Å². The van der Waals surface area contributed by atoms with E-state index in [-0.39, 0.29) is 34.0 Å². The van der Waals surface area contributed by atoms with Gasteiger partial charge in [-0.3, -0.25) is 0 Å². The van der Waals surface area contributed by atoms with Crippen molar-refractivity contribution in [1.82, 2.24) is 4.31 Å². The number of anilines is 1. The fourth-order valence-electron chi connectivity index (χ4n) is 2.12. The van der Waals surface area contributed by atoms with Gasteiger partial charge in [0.25, 0.3) is 0 Å². The molecule has 1 aliphatic heterocycles. The fraction of sp³-hybridized carbons (Fsp3) is 0.455. The van der Waals surface area contributed by atoms with Gasteiger partial charge >= 0.3 is 0 Å². The molecule has 0 aromatic heterocycles. The predicted octanol–water partition coefficient (Wildman–Crippen LogP) is 1.58. The monoisotopic (exact) mass is 324 g/mol. The number of nitrogen functional groups attached to an aromatic ring is 1. The second-order valence-electron chi connectivity index (χ2n) is 4.51. The van der Waals surface area contributed by atoms with Crippen LogP contribution in [0.25, 0.3) is 0 Å². The third kappa shape index (κ3) is 2.83. The first-order valence-electron chi connectivity index (χ1n) is 5.71. The molecular weight excluding hydrogens is 311 g/mol. The third-order valence-corrected chi connectivity index (χ3v) is 5.91. The summed E-state index contributed by atoms with van der Waals surface area (Å²) >= 11 is 11.9. The van der Waals surface area contributed by atoms with E-state index in [1.807, 2.05) is 0 Å². The predicted molar refractivity (Wildman–Crippen MR) is 74.8 cm³/mol.